The quantitative estimate of drug-likeness (QED) is 0.754. The lowest BCUT2D eigenvalue weighted by atomic mass is 10.2. The van der Waals surface area contributed by atoms with Crippen molar-refractivity contribution in [1.82, 2.24) is 14.6 Å². The Morgan fingerprint density at radius 3 is 3.07 bits per heavy atom. The normalized spacial score (nSPS) is 10.7. The first-order valence-corrected chi connectivity index (χ1v) is 4.53. The molecule has 0 N–H and O–H groups in total. The van der Waals surface area contributed by atoms with E-state index in [0.717, 1.165) is 11.2 Å². The van der Waals surface area contributed by atoms with Crippen LogP contribution in [0.5, 0.6) is 0 Å². The molecule has 14 heavy (non-hydrogen) atoms. The van der Waals surface area contributed by atoms with Gasteiger partial charge in [0.05, 0.1) is 5.69 Å². The summed E-state index contributed by atoms with van der Waals surface area (Å²) in [5, 5.41) is 4.42. The fraction of sp³-hybridized carbons (Fsp3) is 0.222. The van der Waals surface area contributed by atoms with Crippen LogP contribution in [-0.4, -0.2) is 20.4 Å². The molecule has 0 aliphatic carbocycles. The molecular weight excluding hydrogens is 202 g/mol. The first kappa shape index (κ1) is 9.15. The molecule has 2 aromatic heterocycles. The number of hydrogen-bond donors (Lipinski definition) is 0. The van der Waals surface area contributed by atoms with Crippen LogP contribution in [0.4, 0.5) is 0 Å². The molecule has 0 unspecified atom stereocenters. The Kier molecular flexibility index (Phi) is 2.21. The number of aromatic nitrogens is 3. The summed E-state index contributed by atoms with van der Waals surface area (Å²) in [6.07, 6.45) is 1.74. The third-order valence-electron chi connectivity index (χ3n) is 1.91. The number of fused-ring (bicyclic) bond motifs is 1. The Morgan fingerprint density at radius 1 is 1.57 bits per heavy atom. The Hall–Kier alpha value is -1.42. The van der Waals surface area contributed by atoms with Crippen molar-refractivity contribution in [2.45, 2.75) is 13.3 Å². The highest BCUT2D eigenvalue weighted by Crippen LogP contribution is 2.15. The minimum Gasteiger partial charge on any atom is -0.300 e. The largest absolute Gasteiger partial charge is 0.300 e. The molecule has 0 atom stereocenters. The van der Waals surface area contributed by atoms with Gasteiger partial charge in [0, 0.05) is 6.42 Å². The fourth-order valence-electron chi connectivity index (χ4n) is 1.35. The number of hydrogen-bond acceptors (Lipinski definition) is 3. The van der Waals surface area contributed by atoms with Crippen LogP contribution in [0.15, 0.2) is 18.5 Å². The zero-order valence-corrected chi connectivity index (χ0v) is 8.32. The van der Waals surface area contributed by atoms with E-state index < -0.39 is 0 Å². The average Bonchev–Trinajstić information content (AvgIpc) is 2.49. The van der Waals surface area contributed by atoms with Gasteiger partial charge in [-0.1, -0.05) is 11.6 Å². The molecule has 2 heterocycles. The van der Waals surface area contributed by atoms with E-state index in [-0.39, 0.29) is 5.78 Å². The van der Waals surface area contributed by atoms with E-state index in [1.54, 1.807) is 17.5 Å². The van der Waals surface area contributed by atoms with Gasteiger partial charge in [0.25, 0.3) is 0 Å². The molecule has 0 spiro atoms. The number of ketones is 1. The molecule has 4 nitrogen and oxygen atoms in total. The maximum Gasteiger partial charge on any atom is 0.156 e. The predicted molar refractivity (Wildman–Crippen MR) is 52.4 cm³/mol. The lowest BCUT2D eigenvalue weighted by Gasteiger charge is -1.98. The molecule has 0 aromatic carbocycles. The lowest BCUT2D eigenvalue weighted by Crippen LogP contribution is -2.03. The number of halogens is 1. The van der Waals surface area contributed by atoms with Crippen molar-refractivity contribution in [1.29, 1.82) is 0 Å². The van der Waals surface area contributed by atoms with Gasteiger partial charge >= 0.3 is 0 Å². The van der Waals surface area contributed by atoms with E-state index >= 15 is 0 Å². The van der Waals surface area contributed by atoms with Crippen LogP contribution in [0, 0.1) is 0 Å². The third-order valence-corrected chi connectivity index (χ3v) is 2.20. The van der Waals surface area contributed by atoms with Crippen molar-refractivity contribution in [3.8, 4) is 0 Å². The summed E-state index contributed by atoms with van der Waals surface area (Å²) in [6.45, 7) is 1.54. The first-order valence-electron chi connectivity index (χ1n) is 4.15. The molecule has 0 amide bonds. The number of Topliss-reactive ketones (excluding diaryl/α,β-unsaturated/α-hetero) is 1. The third kappa shape index (κ3) is 1.48. The van der Waals surface area contributed by atoms with Gasteiger partial charge in [-0.25, -0.2) is 9.50 Å². The van der Waals surface area contributed by atoms with Gasteiger partial charge in [-0.2, -0.15) is 5.10 Å². The van der Waals surface area contributed by atoms with Gasteiger partial charge in [0.1, 0.15) is 17.6 Å². The number of nitrogens with zero attached hydrogens (tertiary/aromatic N) is 3. The average molecular weight is 210 g/mol. The van der Waals surface area contributed by atoms with E-state index in [2.05, 4.69) is 10.1 Å². The van der Waals surface area contributed by atoms with Crippen LogP contribution in [-0.2, 0) is 11.2 Å². The summed E-state index contributed by atoms with van der Waals surface area (Å²) >= 11 is 5.85. The smallest absolute Gasteiger partial charge is 0.156 e. The van der Waals surface area contributed by atoms with Crippen molar-refractivity contribution in [2.75, 3.05) is 0 Å². The molecule has 0 aliphatic rings. The lowest BCUT2D eigenvalue weighted by molar-refractivity contribution is -0.116. The molecule has 0 aliphatic heterocycles. The van der Waals surface area contributed by atoms with Gasteiger partial charge in [-0.3, -0.25) is 4.79 Å². The molecule has 2 rings (SSSR count). The second-order valence-corrected chi connectivity index (χ2v) is 3.41. The van der Waals surface area contributed by atoms with Crippen LogP contribution in [0.3, 0.4) is 0 Å². The number of carbonyl (C=O) groups excluding carboxylic acids is 1. The van der Waals surface area contributed by atoms with Crippen molar-refractivity contribution < 1.29 is 4.79 Å². The zero-order chi connectivity index (χ0) is 10.1. The van der Waals surface area contributed by atoms with Gasteiger partial charge in [-0.15, -0.1) is 0 Å². The maximum absolute atomic E-state index is 11.0. The molecule has 0 saturated heterocycles. The number of carbonyl (C=O) groups is 1. The molecule has 0 bridgehead atoms. The molecule has 0 saturated carbocycles. The highest BCUT2D eigenvalue weighted by molar-refractivity contribution is 6.32. The van der Waals surface area contributed by atoms with Gasteiger partial charge in [0.15, 0.2) is 5.15 Å². The van der Waals surface area contributed by atoms with Crippen molar-refractivity contribution in [3.05, 3.63) is 29.3 Å². The van der Waals surface area contributed by atoms with E-state index in [4.69, 9.17) is 11.6 Å². The summed E-state index contributed by atoms with van der Waals surface area (Å²) < 4.78 is 1.64. The molecule has 0 radical (unpaired) electrons. The monoisotopic (exact) mass is 209 g/mol. The zero-order valence-electron chi connectivity index (χ0n) is 7.57. The van der Waals surface area contributed by atoms with Gasteiger partial charge < -0.3 is 0 Å². The van der Waals surface area contributed by atoms with Crippen LogP contribution in [0.1, 0.15) is 12.6 Å². The molecular formula is C9H8ClN3O. The van der Waals surface area contributed by atoms with E-state index in [1.165, 1.54) is 6.33 Å². The van der Waals surface area contributed by atoms with E-state index in [0.29, 0.717) is 11.6 Å². The van der Waals surface area contributed by atoms with Crippen LogP contribution < -0.4 is 0 Å². The van der Waals surface area contributed by atoms with Gasteiger partial charge in [-0.05, 0) is 19.1 Å². The minimum atomic E-state index is 0.0970. The predicted octanol–water partition coefficient (Wildman–Crippen LogP) is 1.51. The SMILES string of the molecule is CC(=O)Cc1ccc2c(Cl)ncnn12. The van der Waals surface area contributed by atoms with E-state index in [1.807, 2.05) is 6.07 Å². The fourth-order valence-corrected chi connectivity index (χ4v) is 1.53. The summed E-state index contributed by atoms with van der Waals surface area (Å²) in [5.41, 5.74) is 1.56. The Morgan fingerprint density at radius 2 is 2.36 bits per heavy atom. The van der Waals surface area contributed by atoms with Crippen molar-refractivity contribution in [3.63, 3.8) is 0 Å². The first-order chi connectivity index (χ1) is 6.68. The number of rotatable bonds is 2. The van der Waals surface area contributed by atoms with Crippen LogP contribution >= 0.6 is 11.6 Å². The van der Waals surface area contributed by atoms with Gasteiger partial charge in [0.2, 0.25) is 0 Å². The second kappa shape index (κ2) is 3.38. The van der Waals surface area contributed by atoms with Crippen LogP contribution in [0.25, 0.3) is 5.52 Å². The summed E-state index contributed by atoms with van der Waals surface area (Å²) in [6, 6.07) is 3.64. The Bertz CT molecular complexity index is 492. The molecule has 2 aromatic rings. The molecule has 5 heteroatoms. The molecule has 72 valence electrons. The maximum atomic E-state index is 11.0. The Balaban J connectivity index is 2.58. The van der Waals surface area contributed by atoms with E-state index in [9.17, 15) is 4.79 Å². The van der Waals surface area contributed by atoms with Crippen LogP contribution in [0.2, 0.25) is 5.15 Å². The standard InChI is InChI=1S/C9H8ClN3O/c1-6(14)4-7-2-3-8-9(10)11-5-12-13(7)8/h2-3,5H,4H2,1H3. The minimum absolute atomic E-state index is 0.0970. The Labute approximate surface area is 85.5 Å². The van der Waals surface area contributed by atoms with Crippen molar-refractivity contribution in [2.24, 2.45) is 0 Å². The summed E-state index contributed by atoms with van der Waals surface area (Å²) in [4.78, 5) is 14.8. The summed E-state index contributed by atoms with van der Waals surface area (Å²) in [7, 11) is 0. The second-order valence-electron chi connectivity index (χ2n) is 3.05. The highest BCUT2D eigenvalue weighted by Gasteiger charge is 2.07. The molecule has 0 fully saturated rings. The topological polar surface area (TPSA) is 47.3 Å². The highest BCUT2D eigenvalue weighted by atomic mass is 35.5. The van der Waals surface area contributed by atoms with Crippen molar-refractivity contribution >= 4 is 22.9 Å². The summed E-state index contributed by atoms with van der Waals surface area (Å²) in [5.74, 6) is 0.0970.